The topological polar surface area (TPSA) is 50.6 Å². The number of carbonyl (C=O) groups is 1. The number of ether oxygens (including phenoxy) is 1. The number of likely N-dealkylation sites (N-methyl/N-ethyl adjacent to an activating group) is 1. The first-order chi connectivity index (χ1) is 12.2. The molecule has 0 aliphatic carbocycles. The zero-order valence-corrected chi connectivity index (χ0v) is 14.4. The molecule has 0 radical (unpaired) electrons. The largest absolute Gasteiger partial charge is 0.443 e. The Morgan fingerprint density at radius 2 is 2.00 bits per heavy atom. The van der Waals surface area contributed by atoms with Gasteiger partial charge in [-0.15, -0.1) is 0 Å². The first kappa shape index (κ1) is 18.2. The predicted molar refractivity (Wildman–Crippen MR) is 88.6 cm³/mol. The normalized spacial score (nSPS) is 17.8. The number of rotatable bonds is 5. The van der Waals surface area contributed by atoms with E-state index in [0.717, 1.165) is 10.4 Å². The van der Waals surface area contributed by atoms with E-state index >= 15 is 0 Å². The number of para-hydroxylation sites is 1. The van der Waals surface area contributed by atoms with Gasteiger partial charge in [-0.1, -0.05) is 18.2 Å². The van der Waals surface area contributed by atoms with Crippen molar-refractivity contribution < 1.29 is 22.7 Å². The number of benzene rings is 1. The van der Waals surface area contributed by atoms with Crippen molar-refractivity contribution in [1.29, 1.82) is 0 Å². The fourth-order valence-corrected chi connectivity index (χ4v) is 3.03. The first-order valence-electron chi connectivity index (χ1n) is 8.05. The van der Waals surface area contributed by atoms with E-state index in [0.29, 0.717) is 13.1 Å². The van der Waals surface area contributed by atoms with E-state index < -0.39 is 24.1 Å². The van der Waals surface area contributed by atoms with E-state index in [4.69, 9.17) is 4.74 Å². The molecule has 1 unspecified atom stereocenters. The molecular formula is C17H19F3N4O2. The van der Waals surface area contributed by atoms with Gasteiger partial charge in [0.25, 0.3) is 0 Å². The molecule has 6 nitrogen and oxygen atoms in total. The summed E-state index contributed by atoms with van der Waals surface area (Å²) in [5, 5.41) is 3.50. The number of aromatic nitrogens is 2. The maximum absolute atomic E-state index is 13.0. The smallest absolute Gasteiger partial charge is 0.435 e. The van der Waals surface area contributed by atoms with Crippen LogP contribution in [0.15, 0.2) is 36.5 Å². The number of hydrogen-bond acceptors (Lipinski definition) is 4. The standard InChI is InChI=1S/C17H19F3N4O2/c1-22(8-12-9-23(2)21-15(12)17(18,19)20)10-14-11-24(16(25)26-14)13-6-4-3-5-7-13/h3-7,9,14H,8,10-11H2,1-2H3. The third-order valence-corrected chi connectivity index (χ3v) is 4.07. The van der Waals surface area contributed by atoms with Crippen LogP contribution in [0.5, 0.6) is 0 Å². The minimum Gasteiger partial charge on any atom is -0.443 e. The molecule has 1 atom stereocenters. The molecule has 140 valence electrons. The molecule has 1 aliphatic rings. The second-order valence-electron chi connectivity index (χ2n) is 6.32. The average molecular weight is 368 g/mol. The lowest BCUT2D eigenvalue weighted by atomic mass is 10.2. The van der Waals surface area contributed by atoms with Crippen molar-refractivity contribution in [2.45, 2.75) is 18.8 Å². The van der Waals surface area contributed by atoms with Gasteiger partial charge >= 0.3 is 12.3 Å². The Bertz CT molecular complexity index is 776. The first-order valence-corrected chi connectivity index (χ1v) is 8.05. The number of carbonyl (C=O) groups excluding carboxylic acids is 1. The maximum atomic E-state index is 13.0. The van der Waals surface area contributed by atoms with Gasteiger partial charge in [-0.25, -0.2) is 4.79 Å². The van der Waals surface area contributed by atoms with Gasteiger partial charge in [-0.2, -0.15) is 18.3 Å². The highest BCUT2D eigenvalue weighted by Crippen LogP contribution is 2.31. The van der Waals surface area contributed by atoms with E-state index in [1.165, 1.54) is 18.1 Å². The molecule has 3 rings (SSSR count). The molecule has 9 heteroatoms. The van der Waals surface area contributed by atoms with Gasteiger partial charge in [0, 0.05) is 37.6 Å². The van der Waals surface area contributed by atoms with Crippen LogP contribution < -0.4 is 4.90 Å². The molecule has 2 heterocycles. The third kappa shape index (κ3) is 3.98. The number of amides is 1. The van der Waals surface area contributed by atoms with Crippen LogP contribution in [0.1, 0.15) is 11.3 Å². The van der Waals surface area contributed by atoms with Crippen LogP contribution in [-0.2, 0) is 24.5 Å². The number of alkyl halides is 3. The Kier molecular flexibility index (Phi) is 4.90. The lowest BCUT2D eigenvalue weighted by Crippen LogP contribution is -2.32. The Hall–Kier alpha value is -2.55. The zero-order chi connectivity index (χ0) is 18.9. The minimum absolute atomic E-state index is 0.0576. The molecule has 0 N–H and O–H groups in total. The van der Waals surface area contributed by atoms with E-state index in [1.807, 2.05) is 18.2 Å². The van der Waals surface area contributed by atoms with Gasteiger partial charge in [0.05, 0.1) is 6.54 Å². The van der Waals surface area contributed by atoms with Crippen LogP contribution in [-0.4, -0.2) is 47.0 Å². The molecule has 1 aliphatic heterocycles. The van der Waals surface area contributed by atoms with Gasteiger partial charge in [0.1, 0.15) is 6.10 Å². The van der Waals surface area contributed by atoms with Crippen molar-refractivity contribution in [3.63, 3.8) is 0 Å². The molecule has 1 amide bonds. The highest BCUT2D eigenvalue weighted by Gasteiger charge is 2.38. The number of nitrogens with zero attached hydrogens (tertiary/aromatic N) is 4. The summed E-state index contributed by atoms with van der Waals surface area (Å²) in [4.78, 5) is 15.2. The van der Waals surface area contributed by atoms with Crippen LogP contribution in [0.3, 0.4) is 0 Å². The number of anilines is 1. The summed E-state index contributed by atoms with van der Waals surface area (Å²) in [7, 11) is 3.14. The molecule has 1 aromatic heterocycles. The fraction of sp³-hybridized carbons (Fsp3) is 0.412. The summed E-state index contributed by atoms with van der Waals surface area (Å²) in [5.41, 5.74) is -0.0674. The van der Waals surface area contributed by atoms with Crippen LogP contribution in [0.25, 0.3) is 0 Å². The molecule has 0 saturated carbocycles. The van der Waals surface area contributed by atoms with Crippen LogP contribution in [0, 0.1) is 0 Å². The number of hydrogen-bond donors (Lipinski definition) is 0. The van der Waals surface area contributed by atoms with Gasteiger partial charge < -0.3 is 4.74 Å². The summed E-state index contributed by atoms with van der Waals surface area (Å²) < 4.78 is 45.6. The third-order valence-electron chi connectivity index (χ3n) is 4.07. The van der Waals surface area contributed by atoms with E-state index in [1.54, 1.807) is 24.1 Å². The molecule has 1 saturated heterocycles. The zero-order valence-electron chi connectivity index (χ0n) is 14.4. The number of aryl methyl sites for hydroxylation is 1. The maximum Gasteiger partial charge on any atom is 0.435 e. The van der Waals surface area contributed by atoms with Crippen molar-refractivity contribution in [3.8, 4) is 0 Å². The molecule has 1 aromatic carbocycles. The van der Waals surface area contributed by atoms with Crippen LogP contribution in [0.2, 0.25) is 0 Å². The molecule has 0 bridgehead atoms. The Morgan fingerprint density at radius 3 is 2.65 bits per heavy atom. The van der Waals surface area contributed by atoms with Gasteiger partial charge in [-0.05, 0) is 19.2 Å². The summed E-state index contributed by atoms with van der Waals surface area (Å²) in [6.07, 6.45) is -4.01. The lowest BCUT2D eigenvalue weighted by molar-refractivity contribution is -0.142. The van der Waals surface area contributed by atoms with Crippen molar-refractivity contribution >= 4 is 11.8 Å². The second-order valence-corrected chi connectivity index (χ2v) is 6.32. The van der Waals surface area contributed by atoms with Crippen LogP contribution >= 0.6 is 0 Å². The highest BCUT2D eigenvalue weighted by molar-refractivity contribution is 5.89. The summed E-state index contributed by atoms with van der Waals surface area (Å²) in [5.74, 6) is 0. The van der Waals surface area contributed by atoms with Crippen molar-refractivity contribution in [3.05, 3.63) is 47.8 Å². The predicted octanol–water partition coefficient (Wildman–Crippen LogP) is 2.90. The minimum atomic E-state index is -4.50. The Labute approximate surface area is 148 Å². The molecule has 0 spiro atoms. The second kappa shape index (κ2) is 6.99. The lowest BCUT2D eigenvalue weighted by Gasteiger charge is -2.20. The molecule has 26 heavy (non-hydrogen) atoms. The summed E-state index contributed by atoms with van der Waals surface area (Å²) in [6, 6.07) is 9.10. The van der Waals surface area contributed by atoms with E-state index in [2.05, 4.69) is 5.10 Å². The average Bonchev–Trinajstić information content (AvgIpc) is 3.10. The van der Waals surface area contributed by atoms with Crippen molar-refractivity contribution in [2.75, 3.05) is 25.0 Å². The summed E-state index contributed by atoms with van der Waals surface area (Å²) in [6.45, 7) is 0.732. The van der Waals surface area contributed by atoms with Gasteiger partial charge in [0.2, 0.25) is 0 Å². The monoisotopic (exact) mass is 368 g/mol. The summed E-state index contributed by atoms with van der Waals surface area (Å²) >= 11 is 0. The van der Waals surface area contributed by atoms with Gasteiger partial charge in [-0.3, -0.25) is 14.5 Å². The van der Waals surface area contributed by atoms with Gasteiger partial charge in [0.15, 0.2) is 5.69 Å². The van der Waals surface area contributed by atoms with Crippen molar-refractivity contribution in [1.82, 2.24) is 14.7 Å². The quantitative estimate of drug-likeness (QED) is 0.814. The van der Waals surface area contributed by atoms with Crippen LogP contribution in [0.4, 0.5) is 23.7 Å². The Morgan fingerprint density at radius 1 is 1.31 bits per heavy atom. The van der Waals surface area contributed by atoms with E-state index in [9.17, 15) is 18.0 Å². The number of halogens is 3. The van der Waals surface area contributed by atoms with E-state index in [-0.39, 0.29) is 12.1 Å². The SMILES string of the molecule is CN(Cc1cn(C)nc1C(F)(F)F)CC1CN(c2ccccc2)C(=O)O1. The Balaban J connectivity index is 1.63. The number of cyclic esters (lactones) is 1. The molecule has 2 aromatic rings. The highest BCUT2D eigenvalue weighted by atomic mass is 19.4. The molecule has 1 fully saturated rings. The molecular weight excluding hydrogens is 349 g/mol. The van der Waals surface area contributed by atoms with Crippen molar-refractivity contribution in [2.24, 2.45) is 7.05 Å². The fourth-order valence-electron chi connectivity index (χ4n) is 3.03.